The second-order valence-corrected chi connectivity index (χ2v) is 16.5. The van der Waals surface area contributed by atoms with Gasteiger partial charge in [0, 0.05) is 9.79 Å². The summed E-state index contributed by atoms with van der Waals surface area (Å²) in [5.41, 5.74) is -0.781. The van der Waals surface area contributed by atoms with Crippen molar-refractivity contribution in [2.75, 3.05) is 14.2 Å². The van der Waals surface area contributed by atoms with Crippen molar-refractivity contribution in [3.05, 3.63) is 47.5 Å². The molecular formula is C36H52N2O8S2. The number of methoxy groups -OCH3 is 2. The molecule has 0 aromatic heterocycles. The maximum Gasteiger partial charge on any atom is 0.329 e. The van der Waals surface area contributed by atoms with Gasteiger partial charge in [-0.05, 0) is 103 Å². The van der Waals surface area contributed by atoms with Crippen LogP contribution in [0.15, 0.2) is 46.2 Å². The van der Waals surface area contributed by atoms with Crippen LogP contribution in [0.1, 0.15) is 103 Å². The molecule has 266 valence electrons. The highest BCUT2D eigenvalue weighted by Crippen LogP contribution is 2.43. The van der Waals surface area contributed by atoms with E-state index in [1.807, 2.05) is 27.7 Å². The monoisotopic (exact) mass is 704 g/mol. The topological polar surface area (TPSA) is 129 Å². The van der Waals surface area contributed by atoms with E-state index in [0.29, 0.717) is 45.3 Å². The fourth-order valence-corrected chi connectivity index (χ4v) is 6.83. The molecule has 2 aromatic carbocycles. The minimum absolute atomic E-state index is 0.121. The number of ether oxygens (including phenoxy) is 4. The van der Waals surface area contributed by atoms with E-state index >= 15 is 0 Å². The van der Waals surface area contributed by atoms with Crippen molar-refractivity contribution < 1.29 is 38.1 Å². The van der Waals surface area contributed by atoms with Crippen molar-refractivity contribution in [3.8, 4) is 11.5 Å². The largest absolute Gasteiger partial charge is 0.497 e. The number of esters is 2. The van der Waals surface area contributed by atoms with Gasteiger partial charge in [0.25, 0.3) is 11.8 Å². The maximum absolute atomic E-state index is 13.7. The van der Waals surface area contributed by atoms with Gasteiger partial charge in [0.05, 0.1) is 25.3 Å². The molecule has 2 rings (SSSR count). The van der Waals surface area contributed by atoms with Crippen LogP contribution in [0.4, 0.5) is 0 Å². The predicted octanol–water partition coefficient (Wildman–Crippen LogP) is 7.48. The van der Waals surface area contributed by atoms with Gasteiger partial charge in [-0.25, -0.2) is 9.59 Å². The molecule has 0 radical (unpaired) electrons. The number of benzene rings is 2. The van der Waals surface area contributed by atoms with Gasteiger partial charge >= 0.3 is 11.9 Å². The Bertz CT molecular complexity index is 1320. The minimum atomic E-state index is -0.846. The molecule has 0 fully saturated rings. The van der Waals surface area contributed by atoms with Crippen molar-refractivity contribution in [1.82, 2.24) is 10.6 Å². The third-order valence-corrected chi connectivity index (χ3v) is 8.94. The summed E-state index contributed by atoms with van der Waals surface area (Å²) in [4.78, 5) is 54.5. The fraction of sp³-hybridized carbons (Fsp3) is 0.556. The second-order valence-electron chi connectivity index (χ2n) is 14.3. The molecule has 0 heterocycles. The van der Waals surface area contributed by atoms with Crippen LogP contribution >= 0.6 is 21.6 Å². The molecule has 48 heavy (non-hydrogen) atoms. The molecule has 2 atom stereocenters. The first kappa shape index (κ1) is 40.8. The summed E-state index contributed by atoms with van der Waals surface area (Å²) in [6.45, 7) is 18.6. The molecule has 0 aliphatic heterocycles. The summed E-state index contributed by atoms with van der Waals surface area (Å²) in [6.07, 6.45) is 0.800. The molecule has 0 aliphatic rings. The van der Waals surface area contributed by atoms with E-state index < -0.39 is 47.0 Å². The van der Waals surface area contributed by atoms with Gasteiger partial charge in [0.15, 0.2) is 0 Å². The lowest BCUT2D eigenvalue weighted by molar-refractivity contribution is -0.158. The van der Waals surface area contributed by atoms with Crippen molar-refractivity contribution in [3.63, 3.8) is 0 Å². The molecular weight excluding hydrogens is 653 g/mol. The Kier molecular flexibility index (Phi) is 15.2. The highest BCUT2D eigenvalue weighted by atomic mass is 33.1. The van der Waals surface area contributed by atoms with Crippen LogP contribution in [0.25, 0.3) is 0 Å². The lowest BCUT2D eigenvalue weighted by Crippen LogP contribution is -2.45. The number of nitrogens with one attached hydrogen (secondary N) is 2. The first-order valence-electron chi connectivity index (χ1n) is 16.0. The van der Waals surface area contributed by atoms with Crippen LogP contribution in [-0.2, 0) is 19.1 Å². The Morgan fingerprint density at radius 2 is 0.958 bits per heavy atom. The summed E-state index contributed by atoms with van der Waals surface area (Å²) in [7, 11) is 5.55. The van der Waals surface area contributed by atoms with Gasteiger partial charge in [0.2, 0.25) is 0 Å². The standard InChI is InChI=1S/C36H52N2O8S2/c1-21(2)17-27(33(41)45-35(5,6)7)37-31(39)25-15-13-23(43-11)19-29(25)47-48-30-20-24(44-12)14-16-26(30)32(40)38-28(18-22(3)4)34(42)46-36(8,9)10/h13-16,19-22,27-28H,17-18H2,1-12H3,(H,37,39)(H,38,40). The van der Waals surface area contributed by atoms with Crippen LogP contribution in [0, 0.1) is 11.8 Å². The summed E-state index contributed by atoms with van der Waals surface area (Å²) >= 11 is 0. The van der Waals surface area contributed by atoms with E-state index in [4.69, 9.17) is 18.9 Å². The number of hydrogen-bond donors (Lipinski definition) is 2. The molecule has 0 saturated heterocycles. The average molecular weight is 705 g/mol. The number of amides is 2. The molecule has 2 N–H and O–H groups in total. The molecule has 0 bridgehead atoms. The first-order valence-corrected chi connectivity index (χ1v) is 18.2. The second kappa shape index (κ2) is 17.9. The summed E-state index contributed by atoms with van der Waals surface area (Å²) in [5, 5.41) is 5.74. The van der Waals surface area contributed by atoms with Gasteiger partial charge in [-0.15, -0.1) is 0 Å². The Balaban J connectivity index is 2.42. The number of rotatable bonds is 15. The van der Waals surface area contributed by atoms with Gasteiger partial charge in [0.1, 0.15) is 34.8 Å². The zero-order valence-corrected chi connectivity index (χ0v) is 31.9. The number of carbonyl (C=O) groups is 4. The number of carbonyl (C=O) groups excluding carboxylic acids is 4. The number of hydrogen-bond acceptors (Lipinski definition) is 10. The molecule has 2 unspecified atom stereocenters. The Labute approximate surface area is 293 Å². The normalized spacial score (nSPS) is 13.0. The van der Waals surface area contributed by atoms with Crippen LogP contribution in [0.2, 0.25) is 0 Å². The summed E-state index contributed by atoms with van der Waals surface area (Å²) in [5.74, 6) is -0.612. The lowest BCUT2D eigenvalue weighted by Gasteiger charge is -2.26. The molecule has 12 heteroatoms. The van der Waals surface area contributed by atoms with E-state index in [1.54, 1.807) is 77.9 Å². The Morgan fingerprint density at radius 3 is 1.23 bits per heavy atom. The molecule has 2 amide bonds. The van der Waals surface area contributed by atoms with Crippen LogP contribution < -0.4 is 20.1 Å². The van der Waals surface area contributed by atoms with Crippen LogP contribution in [0.3, 0.4) is 0 Å². The van der Waals surface area contributed by atoms with E-state index in [0.717, 1.165) is 0 Å². The van der Waals surface area contributed by atoms with Crippen molar-refractivity contribution in [2.45, 2.75) is 115 Å². The van der Waals surface area contributed by atoms with Gasteiger partial charge in [-0.3, -0.25) is 9.59 Å². The van der Waals surface area contributed by atoms with Crippen molar-refractivity contribution in [2.24, 2.45) is 11.8 Å². The molecule has 0 spiro atoms. The fourth-order valence-electron chi connectivity index (χ4n) is 4.45. The summed E-state index contributed by atoms with van der Waals surface area (Å²) in [6, 6.07) is 8.36. The Hall–Kier alpha value is -3.38. The molecule has 2 aromatic rings. The van der Waals surface area contributed by atoms with Gasteiger partial charge < -0.3 is 29.6 Å². The van der Waals surface area contributed by atoms with Crippen LogP contribution in [0.5, 0.6) is 11.5 Å². The quantitative estimate of drug-likeness (QED) is 0.142. The third kappa shape index (κ3) is 13.6. The van der Waals surface area contributed by atoms with E-state index in [2.05, 4.69) is 10.6 Å². The maximum atomic E-state index is 13.7. The highest BCUT2D eigenvalue weighted by molar-refractivity contribution is 8.76. The zero-order valence-electron chi connectivity index (χ0n) is 30.3. The molecule has 0 aliphatic carbocycles. The zero-order chi connectivity index (χ0) is 36.4. The van der Waals surface area contributed by atoms with Gasteiger partial charge in [-0.1, -0.05) is 49.3 Å². The minimum Gasteiger partial charge on any atom is -0.497 e. The molecule has 0 saturated carbocycles. The van der Waals surface area contributed by atoms with Crippen LogP contribution in [-0.4, -0.2) is 61.3 Å². The van der Waals surface area contributed by atoms with E-state index in [1.165, 1.54) is 35.8 Å². The molecule has 10 nitrogen and oxygen atoms in total. The Morgan fingerprint density at radius 1 is 0.625 bits per heavy atom. The highest BCUT2D eigenvalue weighted by Gasteiger charge is 2.30. The van der Waals surface area contributed by atoms with E-state index in [-0.39, 0.29) is 11.8 Å². The smallest absolute Gasteiger partial charge is 0.329 e. The van der Waals surface area contributed by atoms with Crippen molar-refractivity contribution in [1.29, 1.82) is 0 Å². The first-order chi connectivity index (χ1) is 22.2. The SMILES string of the molecule is COc1ccc(C(=O)NC(CC(C)C)C(=O)OC(C)(C)C)c(SSc2cc(OC)ccc2C(=O)NC(CC(C)C)C(=O)OC(C)(C)C)c1. The predicted molar refractivity (Wildman–Crippen MR) is 191 cm³/mol. The summed E-state index contributed by atoms with van der Waals surface area (Å²) < 4.78 is 22.1. The average Bonchev–Trinajstić information content (AvgIpc) is 2.96. The van der Waals surface area contributed by atoms with E-state index in [9.17, 15) is 19.2 Å². The van der Waals surface area contributed by atoms with Gasteiger partial charge in [-0.2, -0.15) is 0 Å². The van der Waals surface area contributed by atoms with Crippen molar-refractivity contribution >= 4 is 45.3 Å². The lowest BCUT2D eigenvalue weighted by atomic mass is 10.0. The third-order valence-electron chi connectivity index (χ3n) is 6.50.